The van der Waals surface area contributed by atoms with Crippen LogP contribution in [0.25, 0.3) is 0 Å². The number of hydrogen-bond acceptors (Lipinski definition) is 3. The van der Waals surface area contributed by atoms with Crippen LogP contribution in [-0.2, 0) is 4.43 Å². The lowest BCUT2D eigenvalue weighted by molar-refractivity contribution is 0.191. The summed E-state index contributed by atoms with van der Waals surface area (Å²) < 4.78 is 6.32. The minimum atomic E-state index is -1.77. The first-order chi connectivity index (χ1) is 7.78. The van der Waals surface area contributed by atoms with Crippen molar-refractivity contribution in [3.05, 3.63) is 30.1 Å². The van der Waals surface area contributed by atoms with E-state index < -0.39 is 8.32 Å². The first-order valence-corrected chi connectivity index (χ1v) is 8.96. The molecule has 0 aliphatic rings. The van der Waals surface area contributed by atoms with E-state index in [9.17, 15) is 0 Å². The van der Waals surface area contributed by atoms with Crippen molar-refractivity contribution in [2.45, 2.75) is 45.0 Å². The van der Waals surface area contributed by atoms with Crippen molar-refractivity contribution < 1.29 is 4.43 Å². The van der Waals surface area contributed by atoms with Gasteiger partial charge in [-0.25, -0.2) is 0 Å². The van der Waals surface area contributed by atoms with Gasteiger partial charge in [-0.3, -0.25) is 4.98 Å². The molecule has 96 valence electrons. The van der Waals surface area contributed by atoms with Crippen molar-refractivity contribution >= 4 is 8.32 Å². The molecule has 2 N–H and O–H groups in total. The second-order valence-electron chi connectivity index (χ2n) is 5.88. The van der Waals surface area contributed by atoms with Gasteiger partial charge in [-0.1, -0.05) is 20.8 Å². The van der Waals surface area contributed by atoms with Gasteiger partial charge >= 0.3 is 0 Å². The van der Waals surface area contributed by atoms with Crippen molar-refractivity contribution in [2.24, 2.45) is 5.73 Å². The van der Waals surface area contributed by atoms with Gasteiger partial charge in [-0.2, -0.15) is 0 Å². The standard InChI is InChI=1S/C13H24N2OSi/c1-13(2,3)17(4,5)16-12(10-14)11-6-8-15-9-7-11/h6-9,12H,10,14H2,1-5H3. The van der Waals surface area contributed by atoms with Crippen molar-refractivity contribution in [1.29, 1.82) is 0 Å². The van der Waals surface area contributed by atoms with Crippen LogP contribution in [0.2, 0.25) is 18.1 Å². The second-order valence-corrected chi connectivity index (χ2v) is 10.6. The molecule has 1 rings (SSSR count). The molecule has 0 aromatic carbocycles. The smallest absolute Gasteiger partial charge is 0.192 e. The fourth-order valence-corrected chi connectivity index (χ4v) is 2.66. The van der Waals surface area contributed by atoms with Crippen molar-refractivity contribution in [2.75, 3.05) is 6.54 Å². The molecule has 4 heteroatoms. The molecule has 0 radical (unpaired) electrons. The zero-order valence-electron chi connectivity index (χ0n) is 11.5. The lowest BCUT2D eigenvalue weighted by Crippen LogP contribution is -2.43. The number of nitrogens with zero attached hydrogens (tertiary/aromatic N) is 1. The van der Waals surface area contributed by atoms with Gasteiger partial charge in [0.1, 0.15) is 0 Å². The van der Waals surface area contributed by atoms with Gasteiger partial charge < -0.3 is 10.2 Å². The van der Waals surface area contributed by atoms with Crippen molar-refractivity contribution in [3.63, 3.8) is 0 Å². The van der Waals surface area contributed by atoms with Crippen LogP contribution in [0.3, 0.4) is 0 Å². The summed E-state index contributed by atoms with van der Waals surface area (Å²) in [6, 6.07) is 3.95. The van der Waals surface area contributed by atoms with Gasteiger partial charge in [-0.05, 0) is 35.8 Å². The average Bonchev–Trinajstić information content (AvgIpc) is 2.25. The molecule has 0 fully saturated rings. The van der Waals surface area contributed by atoms with Gasteiger partial charge in [0, 0.05) is 18.9 Å². The van der Waals surface area contributed by atoms with Crippen LogP contribution in [0.4, 0.5) is 0 Å². The zero-order chi connectivity index (χ0) is 13.1. The summed E-state index contributed by atoms with van der Waals surface area (Å²) in [5.41, 5.74) is 6.95. The highest BCUT2D eigenvalue weighted by Crippen LogP contribution is 2.39. The van der Waals surface area contributed by atoms with E-state index in [1.165, 1.54) is 0 Å². The van der Waals surface area contributed by atoms with Gasteiger partial charge in [0.25, 0.3) is 0 Å². The van der Waals surface area contributed by atoms with E-state index in [4.69, 9.17) is 10.2 Å². The Balaban J connectivity index is 2.85. The van der Waals surface area contributed by atoms with Gasteiger partial charge in [0.2, 0.25) is 0 Å². The summed E-state index contributed by atoms with van der Waals surface area (Å²) >= 11 is 0. The highest BCUT2D eigenvalue weighted by atomic mass is 28.4. The molecule has 0 amide bonds. The summed E-state index contributed by atoms with van der Waals surface area (Å²) in [7, 11) is -1.77. The van der Waals surface area contributed by atoms with Crippen LogP contribution in [0.15, 0.2) is 24.5 Å². The Labute approximate surface area is 106 Å². The normalized spacial score (nSPS) is 14.7. The number of nitrogens with two attached hydrogens (primary N) is 1. The average molecular weight is 252 g/mol. The van der Waals surface area contributed by atoms with Crippen LogP contribution in [0.1, 0.15) is 32.4 Å². The predicted molar refractivity (Wildman–Crippen MR) is 74.3 cm³/mol. The molecule has 3 nitrogen and oxygen atoms in total. The van der Waals surface area contributed by atoms with E-state index in [1.54, 1.807) is 12.4 Å². The summed E-state index contributed by atoms with van der Waals surface area (Å²) in [5.74, 6) is 0. The number of hydrogen-bond donors (Lipinski definition) is 1. The molecular formula is C13H24N2OSi. The molecule has 1 heterocycles. The van der Waals surface area contributed by atoms with Crippen LogP contribution < -0.4 is 5.73 Å². The van der Waals surface area contributed by atoms with E-state index in [2.05, 4.69) is 38.8 Å². The molecule has 1 unspecified atom stereocenters. The third-order valence-corrected chi connectivity index (χ3v) is 8.02. The highest BCUT2D eigenvalue weighted by molar-refractivity contribution is 6.74. The molecule has 1 atom stereocenters. The Morgan fingerprint density at radius 2 is 1.82 bits per heavy atom. The zero-order valence-corrected chi connectivity index (χ0v) is 12.5. The van der Waals surface area contributed by atoms with Gasteiger partial charge in [0.15, 0.2) is 8.32 Å². The van der Waals surface area contributed by atoms with E-state index in [0.717, 1.165) is 5.56 Å². The maximum Gasteiger partial charge on any atom is 0.192 e. The molecule has 0 aliphatic heterocycles. The maximum atomic E-state index is 6.32. The van der Waals surface area contributed by atoms with Gasteiger partial charge in [0.05, 0.1) is 6.10 Å². The number of rotatable bonds is 4. The van der Waals surface area contributed by atoms with Gasteiger partial charge in [-0.15, -0.1) is 0 Å². The number of pyridine rings is 1. The summed E-state index contributed by atoms with van der Waals surface area (Å²) in [5, 5.41) is 0.202. The second kappa shape index (κ2) is 5.29. The first kappa shape index (κ1) is 14.3. The minimum absolute atomic E-state index is 0.0149. The Morgan fingerprint density at radius 3 is 2.24 bits per heavy atom. The molecule has 17 heavy (non-hydrogen) atoms. The third kappa shape index (κ3) is 3.62. The summed E-state index contributed by atoms with van der Waals surface area (Å²) in [6.45, 7) is 11.7. The van der Waals surface area contributed by atoms with Crippen LogP contribution in [-0.4, -0.2) is 19.8 Å². The lowest BCUT2D eigenvalue weighted by atomic mass is 10.1. The van der Waals surface area contributed by atoms with E-state index in [1.807, 2.05) is 12.1 Å². The molecule has 1 aromatic rings. The van der Waals surface area contributed by atoms with Crippen LogP contribution in [0, 0.1) is 0 Å². The van der Waals surface area contributed by atoms with Crippen LogP contribution >= 0.6 is 0 Å². The van der Waals surface area contributed by atoms with Crippen LogP contribution in [0.5, 0.6) is 0 Å². The van der Waals surface area contributed by atoms with E-state index >= 15 is 0 Å². The quantitative estimate of drug-likeness (QED) is 0.838. The Kier molecular flexibility index (Phi) is 4.46. The fraction of sp³-hybridized carbons (Fsp3) is 0.615. The SMILES string of the molecule is CC(C)(C)[Si](C)(C)OC(CN)c1ccncc1. The minimum Gasteiger partial charge on any atom is -0.409 e. The predicted octanol–water partition coefficient (Wildman–Crippen LogP) is 3.10. The molecule has 0 bridgehead atoms. The first-order valence-electron chi connectivity index (χ1n) is 6.06. The fourth-order valence-electron chi connectivity index (χ4n) is 1.36. The highest BCUT2D eigenvalue weighted by Gasteiger charge is 2.39. The topological polar surface area (TPSA) is 48.1 Å². The Hall–Kier alpha value is -0.713. The maximum absolute atomic E-state index is 6.32. The van der Waals surface area contributed by atoms with Crippen molar-refractivity contribution in [3.8, 4) is 0 Å². The molecule has 0 spiro atoms. The molecule has 0 aliphatic carbocycles. The molecule has 0 saturated carbocycles. The Morgan fingerprint density at radius 1 is 1.29 bits per heavy atom. The number of aromatic nitrogens is 1. The monoisotopic (exact) mass is 252 g/mol. The largest absolute Gasteiger partial charge is 0.409 e. The Bertz CT molecular complexity index is 346. The molecule has 0 saturated heterocycles. The third-order valence-electron chi connectivity index (χ3n) is 3.54. The lowest BCUT2D eigenvalue weighted by Gasteiger charge is -2.39. The van der Waals surface area contributed by atoms with E-state index in [-0.39, 0.29) is 11.1 Å². The molecule has 1 aromatic heterocycles. The summed E-state index contributed by atoms with van der Waals surface area (Å²) in [4.78, 5) is 4.02. The summed E-state index contributed by atoms with van der Waals surface area (Å²) in [6.07, 6.45) is 3.55. The van der Waals surface area contributed by atoms with E-state index in [0.29, 0.717) is 6.54 Å². The van der Waals surface area contributed by atoms with Crippen molar-refractivity contribution in [1.82, 2.24) is 4.98 Å². The molecular weight excluding hydrogens is 228 g/mol.